The van der Waals surface area contributed by atoms with E-state index in [1.165, 1.54) is 11.8 Å². The number of carbonyl (C=O) groups excluding carboxylic acids is 2. The molecule has 0 saturated heterocycles. The average Bonchev–Trinajstić information content (AvgIpc) is 2.50. The van der Waals surface area contributed by atoms with Gasteiger partial charge in [0, 0.05) is 19.5 Å². The second kappa shape index (κ2) is 3.77. The molecular formula is C11H11N3O2. The number of nitrogens with one attached hydrogen (secondary N) is 1. The van der Waals surface area contributed by atoms with Crippen molar-refractivity contribution < 1.29 is 9.59 Å². The first-order valence-electron chi connectivity index (χ1n) is 4.83. The standard InChI is InChI=1S/C11H11N3O2/c1-7(15)12-13-10-8-5-3-4-6-9(8)14(2)11(10)16/h3-6H,1-2H3,(H,12,15)/b13-10-. The van der Waals surface area contributed by atoms with E-state index in [-0.39, 0.29) is 17.5 Å². The number of hydrazone groups is 1. The summed E-state index contributed by atoms with van der Waals surface area (Å²) in [6.07, 6.45) is 0. The van der Waals surface area contributed by atoms with E-state index in [1.807, 2.05) is 18.2 Å². The van der Waals surface area contributed by atoms with Gasteiger partial charge in [0.15, 0.2) is 5.71 Å². The zero-order valence-electron chi connectivity index (χ0n) is 9.02. The fourth-order valence-corrected chi connectivity index (χ4v) is 1.59. The molecule has 0 atom stereocenters. The molecule has 1 aromatic rings. The lowest BCUT2D eigenvalue weighted by atomic mass is 10.1. The zero-order valence-corrected chi connectivity index (χ0v) is 9.02. The fourth-order valence-electron chi connectivity index (χ4n) is 1.59. The molecule has 1 N–H and O–H groups in total. The second-order valence-electron chi connectivity index (χ2n) is 3.51. The van der Waals surface area contributed by atoms with Gasteiger partial charge in [0.25, 0.3) is 5.91 Å². The van der Waals surface area contributed by atoms with Gasteiger partial charge in [-0.15, -0.1) is 0 Å². The van der Waals surface area contributed by atoms with Crippen molar-refractivity contribution in [2.24, 2.45) is 5.10 Å². The Morgan fingerprint density at radius 1 is 1.38 bits per heavy atom. The normalized spacial score (nSPS) is 16.5. The molecule has 0 radical (unpaired) electrons. The predicted octanol–water partition coefficient (Wildman–Crippen LogP) is 0.503. The highest BCUT2D eigenvalue weighted by Crippen LogP contribution is 2.27. The number of amides is 2. The minimum Gasteiger partial charge on any atom is -0.309 e. The third-order valence-corrected chi connectivity index (χ3v) is 2.35. The summed E-state index contributed by atoms with van der Waals surface area (Å²) in [4.78, 5) is 24.1. The van der Waals surface area contributed by atoms with Gasteiger partial charge in [-0.1, -0.05) is 18.2 Å². The minimum atomic E-state index is -0.299. The van der Waals surface area contributed by atoms with Crippen LogP contribution in [0.4, 0.5) is 5.69 Å². The lowest BCUT2D eigenvalue weighted by Crippen LogP contribution is -2.27. The molecule has 0 saturated carbocycles. The fraction of sp³-hybridized carbons (Fsp3) is 0.182. The molecule has 5 heteroatoms. The van der Waals surface area contributed by atoms with Crippen LogP contribution in [-0.4, -0.2) is 24.6 Å². The SMILES string of the molecule is CC(=O)N/N=C1\C(=O)N(C)c2ccccc21. The van der Waals surface area contributed by atoms with Gasteiger partial charge in [0.1, 0.15) is 0 Å². The number of anilines is 1. The van der Waals surface area contributed by atoms with Crippen molar-refractivity contribution in [3.05, 3.63) is 29.8 Å². The summed E-state index contributed by atoms with van der Waals surface area (Å²) in [5, 5.41) is 3.82. The molecule has 0 unspecified atom stereocenters. The maximum Gasteiger partial charge on any atom is 0.279 e. The Kier molecular flexibility index (Phi) is 2.44. The molecule has 2 rings (SSSR count). The summed E-state index contributed by atoms with van der Waals surface area (Å²) in [5.74, 6) is -0.512. The van der Waals surface area contributed by atoms with Crippen LogP contribution in [0.1, 0.15) is 12.5 Å². The molecule has 0 bridgehead atoms. The molecular weight excluding hydrogens is 206 g/mol. The molecule has 0 spiro atoms. The van der Waals surface area contributed by atoms with E-state index in [9.17, 15) is 9.59 Å². The number of fused-ring (bicyclic) bond motifs is 1. The molecule has 1 aliphatic rings. The first-order chi connectivity index (χ1) is 7.61. The Morgan fingerprint density at radius 2 is 2.06 bits per heavy atom. The molecule has 2 amide bonds. The summed E-state index contributed by atoms with van der Waals surface area (Å²) in [6, 6.07) is 7.32. The molecule has 0 fully saturated rings. The molecule has 82 valence electrons. The number of rotatable bonds is 1. The number of benzene rings is 1. The third kappa shape index (κ3) is 1.56. The van der Waals surface area contributed by atoms with Crippen LogP contribution < -0.4 is 10.3 Å². The van der Waals surface area contributed by atoms with Crippen molar-refractivity contribution in [1.82, 2.24) is 5.43 Å². The van der Waals surface area contributed by atoms with Gasteiger partial charge in [0.05, 0.1) is 5.69 Å². The van der Waals surface area contributed by atoms with E-state index in [0.29, 0.717) is 0 Å². The Balaban J connectivity index is 2.45. The van der Waals surface area contributed by atoms with Crippen LogP contribution in [0, 0.1) is 0 Å². The van der Waals surface area contributed by atoms with Gasteiger partial charge >= 0.3 is 0 Å². The van der Waals surface area contributed by atoms with Crippen LogP contribution in [0.5, 0.6) is 0 Å². The van der Waals surface area contributed by atoms with E-state index < -0.39 is 0 Å². The van der Waals surface area contributed by atoms with E-state index in [1.54, 1.807) is 13.1 Å². The molecule has 5 nitrogen and oxygen atoms in total. The van der Waals surface area contributed by atoms with Crippen molar-refractivity contribution in [2.45, 2.75) is 6.92 Å². The minimum absolute atomic E-state index is 0.213. The van der Waals surface area contributed by atoms with Crippen LogP contribution >= 0.6 is 0 Å². The summed E-state index contributed by atoms with van der Waals surface area (Å²) < 4.78 is 0. The van der Waals surface area contributed by atoms with Crippen LogP contribution in [0.2, 0.25) is 0 Å². The summed E-state index contributed by atoms with van der Waals surface area (Å²) >= 11 is 0. The molecule has 0 aliphatic carbocycles. The second-order valence-corrected chi connectivity index (χ2v) is 3.51. The monoisotopic (exact) mass is 217 g/mol. The molecule has 0 aromatic heterocycles. The Bertz CT molecular complexity index is 494. The van der Waals surface area contributed by atoms with Crippen LogP contribution in [0.3, 0.4) is 0 Å². The average molecular weight is 217 g/mol. The van der Waals surface area contributed by atoms with Gasteiger partial charge in [-0.25, -0.2) is 5.43 Å². The van der Waals surface area contributed by atoms with Crippen molar-refractivity contribution in [2.75, 3.05) is 11.9 Å². The number of para-hydroxylation sites is 1. The maximum atomic E-state index is 11.8. The Hall–Kier alpha value is -2.17. The van der Waals surface area contributed by atoms with Crippen molar-refractivity contribution in [3.8, 4) is 0 Å². The predicted molar refractivity (Wildman–Crippen MR) is 60.2 cm³/mol. The van der Waals surface area contributed by atoms with Gasteiger partial charge in [-0.2, -0.15) is 5.10 Å². The highest BCUT2D eigenvalue weighted by molar-refractivity contribution is 6.54. The topological polar surface area (TPSA) is 61.8 Å². The summed E-state index contributed by atoms with van der Waals surface area (Å²) in [5.41, 5.74) is 4.09. The third-order valence-electron chi connectivity index (χ3n) is 2.35. The van der Waals surface area contributed by atoms with Gasteiger partial charge in [-0.3, -0.25) is 9.59 Å². The molecule has 1 aromatic carbocycles. The Labute approximate surface area is 92.7 Å². The zero-order chi connectivity index (χ0) is 11.7. The molecule has 16 heavy (non-hydrogen) atoms. The highest BCUT2D eigenvalue weighted by Gasteiger charge is 2.31. The lowest BCUT2D eigenvalue weighted by Gasteiger charge is -2.07. The van der Waals surface area contributed by atoms with E-state index in [4.69, 9.17) is 0 Å². The number of carbonyl (C=O) groups is 2. The highest BCUT2D eigenvalue weighted by atomic mass is 16.2. The van der Waals surface area contributed by atoms with Crippen molar-refractivity contribution in [1.29, 1.82) is 0 Å². The van der Waals surface area contributed by atoms with Gasteiger partial charge < -0.3 is 4.90 Å². The van der Waals surface area contributed by atoms with E-state index >= 15 is 0 Å². The van der Waals surface area contributed by atoms with Gasteiger partial charge in [-0.05, 0) is 6.07 Å². The molecule has 1 aliphatic heterocycles. The number of nitrogens with zero attached hydrogens (tertiary/aromatic N) is 2. The summed E-state index contributed by atoms with van der Waals surface area (Å²) in [7, 11) is 1.68. The van der Waals surface area contributed by atoms with Crippen molar-refractivity contribution in [3.63, 3.8) is 0 Å². The smallest absolute Gasteiger partial charge is 0.279 e. The largest absolute Gasteiger partial charge is 0.309 e. The first-order valence-corrected chi connectivity index (χ1v) is 4.83. The van der Waals surface area contributed by atoms with Crippen LogP contribution in [0.25, 0.3) is 0 Å². The van der Waals surface area contributed by atoms with E-state index in [0.717, 1.165) is 11.3 Å². The number of hydrogen-bond donors (Lipinski definition) is 1. The first kappa shape index (κ1) is 10.4. The molecule has 1 heterocycles. The quantitative estimate of drug-likeness (QED) is 0.696. The van der Waals surface area contributed by atoms with Crippen LogP contribution in [-0.2, 0) is 9.59 Å². The van der Waals surface area contributed by atoms with Crippen LogP contribution in [0.15, 0.2) is 29.4 Å². The lowest BCUT2D eigenvalue weighted by molar-refractivity contribution is -0.118. The Morgan fingerprint density at radius 3 is 2.75 bits per heavy atom. The van der Waals surface area contributed by atoms with E-state index in [2.05, 4.69) is 10.5 Å². The number of hydrogen-bond acceptors (Lipinski definition) is 3. The van der Waals surface area contributed by atoms with Gasteiger partial charge in [0.2, 0.25) is 5.91 Å². The van der Waals surface area contributed by atoms with Crippen molar-refractivity contribution >= 4 is 23.2 Å². The maximum absolute atomic E-state index is 11.8. The summed E-state index contributed by atoms with van der Waals surface area (Å²) in [6.45, 7) is 1.35. The number of likely N-dealkylation sites (N-methyl/N-ethyl adjacent to an activating group) is 1.